The van der Waals surface area contributed by atoms with E-state index in [9.17, 15) is 18.0 Å². The Hall–Kier alpha value is -3.34. The molecule has 3 N–H and O–H groups in total. The van der Waals surface area contributed by atoms with Crippen LogP contribution in [-0.4, -0.2) is 44.2 Å². The first-order valence-corrected chi connectivity index (χ1v) is 10.8. The number of carbonyl (C=O) groups excluding carboxylic acids is 2. The van der Waals surface area contributed by atoms with Crippen LogP contribution in [0.2, 0.25) is 0 Å². The standard InChI is InChI=1S/C20H25N3O7S/c1-5-28-16(24)12-29-15-9-8-14(19(25)30-20(2,3)4)17(21)18(15)23-31(26,27)13-7-6-10-22-11-13/h6-11,23H,5,12,21H2,1-4H3. The molecule has 0 spiro atoms. The second-order valence-electron chi connectivity index (χ2n) is 7.29. The topological polar surface area (TPSA) is 147 Å². The van der Waals surface area contributed by atoms with Crippen LogP contribution < -0.4 is 15.2 Å². The summed E-state index contributed by atoms with van der Waals surface area (Å²) < 4.78 is 43.4. The minimum Gasteiger partial charge on any atom is -0.480 e. The fraction of sp³-hybridized carbons (Fsp3) is 0.350. The molecular formula is C20H25N3O7S. The number of hydrogen-bond donors (Lipinski definition) is 2. The van der Waals surface area contributed by atoms with Crippen LogP contribution in [0.25, 0.3) is 0 Å². The van der Waals surface area contributed by atoms with Crippen molar-refractivity contribution in [2.45, 2.75) is 38.2 Å². The van der Waals surface area contributed by atoms with Gasteiger partial charge in [-0.1, -0.05) is 0 Å². The smallest absolute Gasteiger partial charge is 0.344 e. The highest BCUT2D eigenvalue weighted by Crippen LogP contribution is 2.36. The molecule has 2 rings (SSSR count). The van der Waals surface area contributed by atoms with Gasteiger partial charge in [-0.25, -0.2) is 18.0 Å². The van der Waals surface area contributed by atoms with Gasteiger partial charge in [0.25, 0.3) is 10.0 Å². The van der Waals surface area contributed by atoms with Crippen molar-refractivity contribution in [3.05, 3.63) is 42.2 Å². The molecule has 10 nitrogen and oxygen atoms in total. The predicted octanol–water partition coefficient (Wildman–Crippen LogP) is 2.36. The molecule has 1 aromatic heterocycles. The second-order valence-corrected chi connectivity index (χ2v) is 8.97. The number of nitrogens with zero attached hydrogens (tertiary/aromatic N) is 1. The third-order valence-corrected chi connectivity index (χ3v) is 4.99. The van der Waals surface area contributed by atoms with Crippen LogP contribution in [-0.2, 0) is 24.3 Å². The summed E-state index contributed by atoms with van der Waals surface area (Å²) in [5, 5.41) is 0. The largest absolute Gasteiger partial charge is 0.480 e. The maximum absolute atomic E-state index is 12.8. The van der Waals surface area contributed by atoms with E-state index < -0.39 is 34.2 Å². The zero-order valence-corrected chi connectivity index (χ0v) is 18.5. The van der Waals surface area contributed by atoms with Crippen LogP contribution in [0.15, 0.2) is 41.6 Å². The van der Waals surface area contributed by atoms with Crippen molar-refractivity contribution in [3.8, 4) is 5.75 Å². The van der Waals surface area contributed by atoms with Crippen molar-refractivity contribution < 1.29 is 32.2 Å². The number of hydrogen-bond acceptors (Lipinski definition) is 9. The molecule has 168 valence electrons. The highest BCUT2D eigenvalue weighted by Gasteiger charge is 2.26. The van der Waals surface area contributed by atoms with Gasteiger partial charge in [-0.3, -0.25) is 9.71 Å². The highest BCUT2D eigenvalue weighted by atomic mass is 32.2. The average molecular weight is 452 g/mol. The summed E-state index contributed by atoms with van der Waals surface area (Å²) in [5.41, 5.74) is 4.82. The molecule has 0 aliphatic carbocycles. The van der Waals surface area contributed by atoms with Gasteiger partial charge < -0.3 is 19.9 Å². The normalized spacial score (nSPS) is 11.5. The summed E-state index contributed by atoms with van der Waals surface area (Å²) in [6.07, 6.45) is 2.57. The molecule has 0 atom stereocenters. The maximum atomic E-state index is 12.8. The van der Waals surface area contributed by atoms with E-state index in [0.29, 0.717) is 0 Å². The molecule has 2 aromatic rings. The Morgan fingerprint density at radius 3 is 2.48 bits per heavy atom. The zero-order chi connectivity index (χ0) is 23.2. The number of benzene rings is 1. The average Bonchev–Trinajstić information content (AvgIpc) is 2.68. The number of nitrogens with one attached hydrogen (secondary N) is 1. The first-order valence-electron chi connectivity index (χ1n) is 9.31. The number of nitrogens with two attached hydrogens (primary N) is 1. The van der Waals surface area contributed by atoms with Crippen molar-refractivity contribution in [2.75, 3.05) is 23.7 Å². The van der Waals surface area contributed by atoms with E-state index in [1.807, 2.05) is 0 Å². The Morgan fingerprint density at radius 1 is 1.19 bits per heavy atom. The molecule has 0 aliphatic rings. The summed E-state index contributed by atoms with van der Waals surface area (Å²) >= 11 is 0. The molecule has 0 bridgehead atoms. The van der Waals surface area contributed by atoms with Crippen LogP contribution in [0, 0.1) is 0 Å². The number of ether oxygens (including phenoxy) is 3. The minimum absolute atomic E-state index is 0.0645. The van der Waals surface area contributed by atoms with E-state index >= 15 is 0 Å². The summed E-state index contributed by atoms with van der Waals surface area (Å²) in [4.78, 5) is 27.8. The number of pyridine rings is 1. The molecule has 0 amide bonds. The molecule has 0 aliphatic heterocycles. The number of aromatic nitrogens is 1. The lowest BCUT2D eigenvalue weighted by Crippen LogP contribution is -2.25. The van der Waals surface area contributed by atoms with Gasteiger partial charge in [0, 0.05) is 12.4 Å². The van der Waals surface area contributed by atoms with Gasteiger partial charge in [-0.2, -0.15) is 0 Å². The van der Waals surface area contributed by atoms with Crippen molar-refractivity contribution in [1.82, 2.24) is 4.98 Å². The van der Waals surface area contributed by atoms with E-state index in [2.05, 4.69) is 9.71 Å². The third-order valence-electron chi connectivity index (χ3n) is 3.66. The lowest BCUT2D eigenvalue weighted by molar-refractivity contribution is -0.145. The van der Waals surface area contributed by atoms with Gasteiger partial charge in [0.15, 0.2) is 6.61 Å². The Bertz CT molecular complexity index is 1050. The highest BCUT2D eigenvalue weighted by molar-refractivity contribution is 7.92. The van der Waals surface area contributed by atoms with Gasteiger partial charge >= 0.3 is 11.9 Å². The Balaban J connectivity index is 2.47. The summed E-state index contributed by atoms with van der Waals surface area (Å²) in [6, 6.07) is 5.43. The van der Waals surface area contributed by atoms with Crippen LogP contribution in [0.5, 0.6) is 5.75 Å². The van der Waals surface area contributed by atoms with Crippen molar-refractivity contribution >= 4 is 33.3 Å². The van der Waals surface area contributed by atoms with Crippen LogP contribution in [0.4, 0.5) is 11.4 Å². The monoisotopic (exact) mass is 451 g/mol. The van der Waals surface area contributed by atoms with Gasteiger partial charge in [-0.05, 0) is 52.0 Å². The van der Waals surface area contributed by atoms with Crippen molar-refractivity contribution in [2.24, 2.45) is 0 Å². The fourth-order valence-corrected chi connectivity index (χ4v) is 3.43. The number of sulfonamides is 1. The second kappa shape index (κ2) is 9.65. The van der Waals surface area contributed by atoms with Gasteiger partial charge in [-0.15, -0.1) is 0 Å². The van der Waals surface area contributed by atoms with E-state index in [1.54, 1.807) is 27.7 Å². The van der Waals surface area contributed by atoms with Gasteiger partial charge in [0.1, 0.15) is 21.9 Å². The Kier molecular flexibility index (Phi) is 7.45. The predicted molar refractivity (Wildman–Crippen MR) is 113 cm³/mol. The van der Waals surface area contributed by atoms with E-state index in [4.69, 9.17) is 19.9 Å². The lowest BCUT2D eigenvalue weighted by Gasteiger charge is -2.21. The van der Waals surface area contributed by atoms with E-state index in [0.717, 1.165) is 6.20 Å². The Morgan fingerprint density at radius 2 is 1.90 bits per heavy atom. The minimum atomic E-state index is -4.13. The molecule has 0 saturated heterocycles. The Labute approximate surface area is 180 Å². The number of anilines is 2. The zero-order valence-electron chi connectivity index (χ0n) is 17.7. The summed E-state index contributed by atoms with van der Waals surface area (Å²) in [6.45, 7) is 6.36. The van der Waals surface area contributed by atoms with Crippen LogP contribution >= 0.6 is 0 Å². The number of carbonyl (C=O) groups is 2. The van der Waals surface area contributed by atoms with E-state index in [-0.39, 0.29) is 34.2 Å². The van der Waals surface area contributed by atoms with E-state index in [1.165, 1.54) is 30.5 Å². The van der Waals surface area contributed by atoms with Crippen molar-refractivity contribution in [1.29, 1.82) is 0 Å². The molecule has 11 heteroatoms. The summed E-state index contributed by atoms with van der Waals surface area (Å²) in [7, 11) is -4.13. The molecule has 0 fully saturated rings. The molecule has 0 saturated carbocycles. The molecular weight excluding hydrogens is 426 g/mol. The van der Waals surface area contributed by atoms with Gasteiger partial charge in [0.2, 0.25) is 0 Å². The summed E-state index contributed by atoms with van der Waals surface area (Å²) in [5.74, 6) is -1.47. The number of esters is 2. The van der Waals surface area contributed by atoms with Gasteiger partial charge in [0.05, 0.1) is 17.9 Å². The molecule has 0 radical (unpaired) electrons. The molecule has 0 unspecified atom stereocenters. The number of rotatable bonds is 8. The first kappa shape index (κ1) is 23.9. The van der Waals surface area contributed by atoms with Crippen LogP contribution in [0.3, 0.4) is 0 Å². The maximum Gasteiger partial charge on any atom is 0.344 e. The number of nitrogen functional groups attached to an aromatic ring is 1. The quantitative estimate of drug-likeness (QED) is 0.456. The first-order chi connectivity index (χ1) is 14.4. The fourth-order valence-electron chi connectivity index (χ4n) is 2.37. The third kappa shape index (κ3) is 6.57. The van der Waals surface area contributed by atoms with Crippen LogP contribution in [0.1, 0.15) is 38.1 Å². The lowest BCUT2D eigenvalue weighted by atomic mass is 10.1. The van der Waals surface area contributed by atoms with Crippen molar-refractivity contribution in [3.63, 3.8) is 0 Å². The SMILES string of the molecule is CCOC(=O)COc1ccc(C(=O)OC(C)(C)C)c(N)c1NS(=O)(=O)c1cccnc1. The molecule has 1 aromatic carbocycles. The molecule has 1 heterocycles. The molecule has 31 heavy (non-hydrogen) atoms.